The summed E-state index contributed by atoms with van der Waals surface area (Å²) in [5, 5.41) is 0. The van der Waals surface area contributed by atoms with Crippen LogP contribution in [0.25, 0.3) is 0 Å². The van der Waals surface area contributed by atoms with Gasteiger partial charge in [0.1, 0.15) is 5.82 Å². The molecule has 10 heavy (non-hydrogen) atoms. The number of rotatable bonds is 1. The molecule has 0 spiro atoms. The quantitative estimate of drug-likeness (QED) is 0.626. The number of anilines is 1. The number of aromatic nitrogens is 2. The third-order valence-corrected chi connectivity index (χ3v) is 1.35. The molecule has 0 atom stereocenters. The average molecular weight is 136 g/mol. The first-order valence-electron chi connectivity index (χ1n) is 3.20. The second-order valence-corrected chi connectivity index (χ2v) is 2.47. The molecule has 3 heteroatoms. The van der Waals surface area contributed by atoms with Crippen LogP contribution in [0, 0.1) is 6.33 Å². The average Bonchev–Trinajstić information content (AvgIpc) is 1.88. The number of hydrogen-bond acceptors (Lipinski definition) is 3. The number of nitrogens with two attached hydrogens (primary N) is 1. The molecule has 0 fully saturated rings. The first-order valence-corrected chi connectivity index (χ1v) is 3.20. The lowest BCUT2D eigenvalue weighted by molar-refractivity contribution is 0.850. The van der Waals surface area contributed by atoms with E-state index in [4.69, 9.17) is 5.73 Å². The Morgan fingerprint density at radius 1 is 1.60 bits per heavy atom. The van der Waals surface area contributed by atoms with Crippen molar-refractivity contribution in [3.05, 3.63) is 18.1 Å². The van der Waals surface area contributed by atoms with Crippen LogP contribution in [0.4, 0.5) is 5.82 Å². The number of nitrogen functional groups attached to an aromatic ring is 1. The summed E-state index contributed by atoms with van der Waals surface area (Å²) in [4.78, 5) is 7.49. The molecular formula is C7H10N3. The maximum absolute atomic E-state index is 5.54. The first-order chi connectivity index (χ1) is 4.72. The van der Waals surface area contributed by atoms with E-state index in [1.807, 2.05) is 0 Å². The molecule has 1 rings (SSSR count). The summed E-state index contributed by atoms with van der Waals surface area (Å²) in [6, 6.07) is 0. The summed E-state index contributed by atoms with van der Waals surface area (Å²) < 4.78 is 0. The Kier molecular flexibility index (Phi) is 1.85. The zero-order valence-corrected chi connectivity index (χ0v) is 6.13. The van der Waals surface area contributed by atoms with E-state index in [0.29, 0.717) is 11.7 Å². The summed E-state index contributed by atoms with van der Waals surface area (Å²) in [7, 11) is 0. The van der Waals surface area contributed by atoms with Gasteiger partial charge in [-0.05, 0) is 5.92 Å². The molecule has 2 N–H and O–H groups in total. The topological polar surface area (TPSA) is 51.8 Å². The standard InChI is InChI=1S/C7H10N3/c1-5(2)6-3-9-4-10-7(6)8/h3,5H,1-2H3,(H2,8,9,10). The minimum Gasteiger partial charge on any atom is -0.383 e. The second kappa shape index (κ2) is 2.64. The minimum absolute atomic E-state index is 0.384. The van der Waals surface area contributed by atoms with Crippen molar-refractivity contribution in [2.75, 3.05) is 5.73 Å². The van der Waals surface area contributed by atoms with E-state index in [1.54, 1.807) is 6.20 Å². The van der Waals surface area contributed by atoms with Crippen molar-refractivity contribution in [2.45, 2.75) is 19.8 Å². The van der Waals surface area contributed by atoms with Gasteiger partial charge in [-0.3, -0.25) is 0 Å². The fourth-order valence-electron chi connectivity index (χ4n) is 0.757. The van der Waals surface area contributed by atoms with Crippen LogP contribution in [0.1, 0.15) is 25.3 Å². The van der Waals surface area contributed by atoms with Crippen LogP contribution in [0.15, 0.2) is 6.20 Å². The van der Waals surface area contributed by atoms with Gasteiger partial charge in [-0.25, -0.2) is 9.97 Å². The third-order valence-electron chi connectivity index (χ3n) is 1.35. The zero-order chi connectivity index (χ0) is 7.56. The molecule has 1 aromatic rings. The van der Waals surface area contributed by atoms with Gasteiger partial charge in [0.05, 0.1) is 0 Å². The molecule has 0 saturated heterocycles. The molecule has 0 bridgehead atoms. The lowest BCUT2D eigenvalue weighted by atomic mass is 10.1. The molecule has 0 aliphatic rings. The van der Waals surface area contributed by atoms with Gasteiger partial charge in [-0.15, -0.1) is 0 Å². The second-order valence-electron chi connectivity index (χ2n) is 2.47. The van der Waals surface area contributed by atoms with E-state index in [9.17, 15) is 0 Å². The summed E-state index contributed by atoms with van der Waals surface area (Å²) in [6.45, 7) is 4.10. The highest BCUT2D eigenvalue weighted by molar-refractivity contribution is 5.38. The Morgan fingerprint density at radius 2 is 2.30 bits per heavy atom. The van der Waals surface area contributed by atoms with Crippen LogP contribution in [-0.2, 0) is 0 Å². The molecule has 0 saturated carbocycles. The van der Waals surface area contributed by atoms with E-state index in [1.165, 1.54) is 0 Å². The van der Waals surface area contributed by atoms with Gasteiger partial charge < -0.3 is 5.73 Å². The molecule has 1 heterocycles. The predicted molar refractivity (Wildman–Crippen MR) is 39.4 cm³/mol. The van der Waals surface area contributed by atoms with Gasteiger partial charge in [0.15, 0.2) is 6.33 Å². The van der Waals surface area contributed by atoms with Crippen molar-refractivity contribution in [3.8, 4) is 0 Å². The van der Waals surface area contributed by atoms with Gasteiger partial charge in [0.25, 0.3) is 0 Å². The Balaban J connectivity index is 3.03. The SMILES string of the molecule is CC(C)c1cn[c]nc1N. The highest BCUT2D eigenvalue weighted by atomic mass is 14.9. The summed E-state index contributed by atoms with van der Waals surface area (Å²) in [5.41, 5.74) is 6.52. The summed E-state index contributed by atoms with van der Waals surface area (Å²) >= 11 is 0. The van der Waals surface area contributed by atoms with Crippen molar-refractivity contribution in [3.63, 3.8) is 0 Å². The van der Waals surface area contributed by atoms with Gasteiger partial charge in [-0.1, -0.05) is 13.8 Å². The Hall–Kier alpha value is -1.12. The highest BCUT2D eigenvalue weighted by Crippen LogP contribution is 2.16. The van der Waals surface area contributed by atoms with E-state index in [2.05, 4.69) is 30.1 Å². The number of nitrogens with zero attached hydrogens (tertiary/aromatic N) is 2. The molecule has 0 aliphatic heterocycles. The minimum atomic E-state index is 0.384. The molecule has 0 unspecified atom stereocenters. The molecule has 53 valence electrons. The Labute approximate surface area is 60.3 Å². The smallest absolute Gasteiger partial charge is 0.199 e. The van der Waals surface area contributed by atoms with Crippen LogP contribution >= 0.6 is 0 Å². The van der Waals surface area contributed by atoms with Crippen molar-refractivity contribution in [2.24, 2.45) is 0 Å². The van der Waals surface area contributed by atoms with E-state index >= 15 is 0 Å². The molecule has 1 radical (unpaired) electrons. The first kappa shape index (κ1) is 6.99. The zero-order valence-electron chi connectivity index (χ0n) is 6.13. The monoisotopic (exact) mass is 136 g/mol. The highest BCUT2D eigenvalue weighted by Gasteiger charge is 2.03. The number of hydrogen-bond donors (Lipinski definition) is 1. The van der Waals surface area contributed by atoms with E-state index in [0.717, 1.165) is 5.56 Å². The Bertz CT molecular complexity index is 220. The van der Waals surface area contributed by atoms with Crippen LogP contribution in [-0.4, -0.2) is 9.97 Å². The van der Waals surface area contributed by atoms with Crippen molar-refractivity contribution >= 4 is 5.82 Å². The van der Waals surface area contributed by atoms with E-state index in [-0.39, 0.29) is 0 Å². The normalized spacial score (nSPS) is 10.3. The third kappa shape index (κ3) is 1.23. The molecule has 3 nitrogen and oxygen atoms in total. The molecular weight excluding hydrogens is 126 g/mol. The Morgan fingerprint density at radius 3 is 2.70 bits per heavy atom. The van der Waals surface area contributed by atoms with Crippen LogP contribution in [0.2, 0.25) is 0 Å². The summed E-state index contributed by atoms with van der Waals surface area (Å²) in [5.74, 6) is 0.916. The molecule has 0 amide bonds. The largest absolute Gasteiger partial charge is 0.383 e. The fraction of sp³-hybridized carbons (Fsp3) is 0.429. The fourth-order valence-corrected chi connectivity index (χ4v) is 0.757. The molecule has 1 aromatic heterocycles. The lowest BCUT2D eigenvalue weighted by Crippen LogP contribution is -1.99. The van der Waals surface area contributed by atoms with Crippen molar-refractivity contribution in [1.29, 1.82) is 0 Å². The van der Waals surface area contributed by atoms with Gasteiger partial charge >= 0.3 is 0 Å². The molecule has 0 aliphatic carbocycles. The lowest BCUT2D eigenvalue weighted by Gasteiger charge is -2.04. The van der Waals surface area contributed by atoms with Crippen molar-refractivity contribution < 1.29 is 0 Å². The predicted octanol–water partition coefficient (Wildman–Crippen LogP) is 0.982. The van der Waals surface area contributed by atoms with Crippen LogP contribution in [0.3, 0.4) is 0 Å². The van der Waals surface area contributed by atoms with Gasteiger partial charge in [0, 0.05) is 11.8 Å². The van der Waals surface area contributed by atoms with E-state index < -0.39 is 0 Å². The maximum atomic E-state index is 5.54. The maximum Gasteiger partial charge on any atom is 0.199 e. The van der Waals surface area contributed by atoms with Gasteiger partial charge in [0.2, 0.25) is 0 Å². The summed E-state index contributed by atoms with van der Waals surface area (Å²) in [6.07, 6.45) is 4.13. The van der Waals surface area contributed by atoms with Gasteiger partial charge in [-0.2, -0.15) is 0 Å². The van der Waals surface area contributed by atoms with Crippen LogP contribution < -0.4 is 5.73 Å². The van der Waals surface area contributed by atoms with Crippen molar-refractivity contribution in [1.82, 2.24) is 9.97 Å². The van der Waals surface area contributed by atoms with Crippen LogP contribution in [0.5, 0.6) is 0 Å². The molecule has 0 aromatic carbocycles.